The van der Waals surface area contributed by atoms with Gasteiger partial charge in [-0.2, -0.15) is 0 Å². The van der Waals surface area contributed by atoms with Crippen LogP contribution in [0.1, 0.15) is 20.3 Å². The van der Waals surface area contributed by atoms with Crippen molar-refractivity contribution in [1.29, 1.82) is 0 Å². The molecule has 1 aromatic carbocycles. The van der Waals surface area contributed by atoms with Crippen LogP contribution in [-0.2, 0) is 24.1 Å². The zero-order chi connectivity index (χ0) is 17.8. The topological polar surface area (TPSA) is 72.9 Å². The molecule has 25 heavy (non-hydrogen) atoms. The van der Waals surface area contributed by atoms with E-state index in [0.29, 0.717) is 13.2 Å². The van der Waals surface area contributed by atoms with Crippen molar-refractivity contribution < 1.29 is 22.7 Å². The van der Waals surface area contributed by atoms with E-state index in [-0.39, 0.29) is 32.1 Å². The predicted octanol–water partition coefficient (Wildman–Crippen LogP) is 0.312. The number of amides is 1. The fourth-order valence-corrected chi connectivity index (χ4v) is 9.44. The Bertz CT molecular complexity index is 775. The quantitative estimate of drug-likeness (QED) is 0.508. The van der Waals surface area contributed by atoms with E-state index >= 15 is 0 Å². The first-order valence-electron chi connectivity index (χ1n) is 8.33. The number of rotatable bonds is 4. The molecule has 3 saturated heterocycles. The number of β-lactam (4-membered cyclic amide) rings is 1. The number of carbonyl (C=O) groups is 1. The van der Waals surface area contributed by atoms with Crippen molar-refractivity contribution in [2.75, 3.05) is 13.2 Å². The van der Waals surface area contributed by atoms with Gasteiger partial charge in [0.05, 0.1) is 0 Å². The molecular formula is C17H21NO5SSe. The molecule has 136 valence electrons. The fourth-order valence-electron chi connectivity index (χ4n) is 3.89. The summed E-state index contributed by atoms with van der Waals surface area (Å²) in [7, 11) is -3.41. The number of hydrogen-bond acceptors (Lipinski definition) is 5. The normalized spacial score (nSPS) is 31.6. The van der Waals surface area contributed by atoms with E-state index < -0.39 is 32.3 Å². The molecule has 0 saturated carbocycles. The Labute approximate surface area is 153 Å². The van der Waals surface area contributed by atoms with Gasteiger partial charge >= 0.3 is 154 Å². The van der Waals surface area contributed by atoms with Gasteiger partial charge in [-0.05, 0) is 0 Å². The number of nitrogens with zero attached hydrogens (tertiary/aromatic N) is 1. The molecule has 3 aliphatic rings. The average molecular weight is 430 g/mol. The van der Waals surface area contributed by atoms with Crippen LogP contribution in [0.5, 0.6) is 0 Å². The van der Waals surface area contributed by atoms with Gasteiger partial charge in [-0.3, -0.25) is 0 Å². The second-order valence-corrected chi connectivity index (χ2v) is 12.4. The Morgan fingerprint density at radius 2 is 1.84 bits per heavy atom. The molecule has 3 aliphatic heterocycles. The Morgan fingerprint density at radius 1 is 1.20 bits per heavy atom. The molecule has 0 aliphatic carbocycles. The van der Waals surface area contributed by atoms with E-state index in [4.69, 9.17) is 9.47 Å². The SMILES string of the molecule is CC1(C)[C@H](C([Se]c2ccccc2)C2OCCO2)N2C(=O)C[C@H]2S1(=O)=O. The molecule has 3 atom stereocenters. The molecule has 0 N–H and O–H groups in total. The molecule has 1 aromatic rings. The van der Waals surface area contributed by atoms with E-state index in [1.807, 2.05) is 30.3 Å². The van der Waals surface area contributed by atoms with E-state index in [2.05, 4.69) is 0 Å². The molecule has 6 nitrogen and oxygen atoms in total. The summed E-state index contributed by atoms with van der Waals surface area (Å²) in [6.45, 7) is 4.48. The third kappa shape index (κ3) is 2.58. The van der Waals surface area contributed by atoms with Gasteiger partial charge < -0.3 is 0 Å². The van der Waals surface area contributed by atoms with Crippen molar-refractivity contribution in [3.63, 3.8) is 0 Å². The van der Waals surface area contributed by atoms with Gasteiger partial charge in [0.2, 0.25) is 0 Å². The van der Waals surface area contributed by atoms with Crippen molar-refractivity contribution in [3.05, 3.63) is 30.3 Å². The van der Waals surface area contributed by atoms with Gasteiger partial charge in [0, 0.05) is 0 Å². The number of fused-ring (bicyclic) bond motifs is 1. The molecule has 8 heteroatoms. The molecule has 3 fully saturated rings. The second-order valence-electron chi connectivity index (χ2n) is 7.06. The molecule has 1 amide bonds. The molecule has 0 spiro atoms. The van der Waals surface area contributed by atoms with Crippen LogP contribution in [0.15, 0.2) is 30.3 Å². The number of carbonyl (C=O) groups excluding carboxylic acids is 1. The molecule has 0 bridgehead atoms. The van der Waals surface area contributed by atoms with Crippen LogP contribution in [0.4, 0.5) is 0 Å². The number of hydrogen-bond donors (Lipinski definition) is 0. The third-order valence-electron chi connectivity index (χ3n) is 5.29. The molecule has 1 unspecified atom stereocenters. The van der Waals surface area contributed by atoms with Crippen LogP contribution in [-0.4, -0.2) is 69.8 Å². The van der Waals surface area contributed by atoms with Crippen LogP contribution in [0.3, 0.4) is 0 Å². The summed E-state index contributed by atoms with van der Waals surface area (Å²) in [5.41, 5.74) is 0. The minimum atomic E-state index is -3.41. The van der Waals surface area contributed by atoms with Gasteiger partial charge in [0.25, 0.3) is 0 Å². The van der Waals surface area contributed by atoms with E-state index in [1.54, 1.807) is 18.7 Å². The Kier molecular flexibility index (Phi) is 4.24. The maximum atomic E-state index is 12.9. The van der Waals surface area contributed by atoms with Gasteiger partial charge in [-0.25, -0.2) is 0 Å². The van der Waals surface area contributed by atoms with Gasteiger partial charge in [0.15, 0.2) is 0 Å². The summed E-state index contributed by atoms with van der Waals surface area (Å²) < 4.78 is 37.5. The molecule has 4 rings (SSSR count). The average Bonchev–Trinajstić information content (AvgIpc) is 3.13. The summed E-state index contributed by atoms with van der Waals surface area (Å²) in [6.07, 6.45) is -0.369. The van der Waals surface area contributed by atoms with Crippen molar-refractivity contribution in [2.24, 2.45) is 0 Å². The number of sulfone groups is 1. The first-order valence-corrected chi connectivity index (χ1v) is 11.7. The van der Waals surface area contributed by atoms with E-state index in [1.165, 1.54) is 0 Å². The van der Waals surface area contributed by atoms with Crippen LogP contribution in [0, 0.1) is 0 Å². The predicted molar refractivity (Wildman–Crippen MR) is 93.3 cm³/mol. The van der Waals surface area contributed by atoms with Crippen molar-refractivity contribution in [1.82, 2.24) is 4.90 Å². The second kappa shape index (κ2) is 6.06. The van der Waals surface area contributed by atoms with Gasteiger partial charge in [-0.15, -0.1) is 0 Å². The maximum absolute atomic E-state index is 12.9. The summed E-state index contributed by atoms with van der Waals surface area (Å²) in [5, 5.41) is -0.685. The van der Waals surface area contributed by atoms with Gasteiger partial charge in [0.1, 0.15) is 0 Å². The minimum absolute atomic E-state index is 0.0848. The standard InChI is InChI=1S/C17H21NO5SSe/c1-17(2)15(18-12(19)10-13(18)24(17,20)21)14(16-22-8-9-23-16)25-11-6-4-3-5-7-11/h3-7,13-16H,8-10H2,1-2H3/t13-,14?,15+/m1/s1. The molecule has 0 radical (unpaired) electrons. The van der Waals surface area contributed by atoms with Crippen LogP contribution < -0.4 is 4.46 Å². The van der Waals surface area contributed by atoms with Crippen molar-refractivity contribution in [2.45, 2.75) is 47.5 Å². The van der Waals surface area contributed by atoms with Crippen LogP contribution in [0.25, 0.3) is 0 Å². The third-order valence-corrected chi connectivity index (χ3v) is 10.8. The van der Waals surface area contributed by atoms with E-state index in [0.717, 1.165) is 4.46 Å². The Hall–Kier alpha value is -0.921. The first-order chi connectivity index (χ1) is 11.8. The van der Waals surface area contributed by atoms with Crippen molar-refractivity contribution >= 4 is 35.2 Å². The Morgan fingerprint density at radius 3 is 2.44 bits per heavy atom. The first kappa shape index (κ1) is 17.5. The molecular weight excluding hydrogens is 409 g/mol. The van der Waals surface area contributed by atoms with Crippen molar-refractivity contribution in [3.8, 4) is 0 Å². The zero-order valence-electron chi connectivity index (χ0n) is 14.1. The molecule has 3 heterocycles. The van der Waals surface area contributed by atoms with Crippen LogP contribution >= 0.6 is 0 Å². The zero-order valence-corrected chi connectivity index (χ0v) is 16.7. The molecule has 0 aromatic heterocycles. The fraction of sp³-hybridized carbons (Fsp3) is 0.588. The summed E-state index contributed by atoms with van der Waals surface area (Å²) in [6, 6.07) is 9.54. The van der Waals surface area contributed by atoms with E-state index in [9.17, 15) is 13.2 Å². The summed E-state index contributed by atoms with van der Waals surface area (Å²) >= 11 is -0.0848. The van der Waals surface area contributed by atoms with Crippen LogP contribution in [0.2, 0.25) is 4.82 Å². The summed E-state index contributed by atoms with van der Waals surface area (Å²) in [5.74, 6) is -0.0870. The Balaban J connectivity index is 1.74. The van der Waals surface area contributed by atoms with Gasteiger partial charge in [-0.1, -0.05) is 0 Å². The number of ether oxygens (including phenoxy) is 2. The number of benzene rings is 1. The summed E-state index contributed by atoms with van der Waals surface area (Å²) in [4.78, 5) is 13.7. The monoisotopic (exact) mass is 431 g/mol.